The third-order valence-corrected chi connectivity index (χ3v) is 8.01. The third kappa shape index (κ3) is 2.90. The van der Waals surface area contributed by atoms with Gasteiger partial charge in [0.25, 0.3) is 0 Å². The number of carbonyl (C=O) groups excluding carboxylic acids is 3. The number of benzene rings is 3. The van der Waals surface area contributed by atoms with Crippen molar-refractivity contribution in [2.24, 2.45) is 5.92 Å². The highest BCUT2D eigenvalue weighted by Gasteiger charge is 2.71. The molecule has 7 heteroatoms. The highest BCUT2D eigenvalue weighted by atomic mass is 19.1. The first-order chi connectivity index (χ1) is 18.5. The van der Waals surface area contributed by atoms with Crippen LogP contribution >= 0.6 is 0 Å². The van der Waals surface area contributed by atoms with Crippen LogP contribution in [0.25, 0.3) is 6.08 Å². The van der Waals surface area contributed by atoms with Gasteiger partial charge in [0, 0.05) is 17.5 Å². The van der Waals surface area contributed by atoms with E-state index >= 15 is 0 Å². The number of carbonyl (C=O) groups is 3. The van der Waals surface area contributed by atoms with Crippen molar-refractivity contribution in [3.05, 3.63) is 131 Å². The first kappa shape index (κ1) is 22.4. The molecule has 6 nitrogen and oxygen atoms in total. The number of Topliss-reactive ketones (excluding diaryl/α,β-unsaturated/α-hetero) is 2. The van der Waals surface area contributed by atoms with Gasteiger partial charge in [-0.1, -0.05) is 42.5 Å². The molecule has 4 unspecified atom stereocenters. The lowest BCUT2D eigenvalue weighted by Gasteiger charge is -2.38. The SMILES string of the molecule is O=C(c1ccco1)C1C(C(=O)c2ccc(F)cc2)C2(C(=O)Nc3ccccc32)C2c3ccccc3C=CN12. The topological polar surface area (TPSA) is 79.6 Å². The number of para-hydroxylation sites is 1. The monoisotopic (exact) mass is 504 g/mol. The summed E-state index contributed by atoms with van der Waals surface area (Å²) in [4.78, 5) is 44.7. The fraction of sp³-hybridized carbons (Fsp3) is 0.129. The zero-order chi connectivity index (χ0) is 26.0. The summed E-state index contributed by atoms with van der Waals surface area (Å²) < 4.78 is 19.3. The van der Waals surface area contributed by atoms with Gasteiger partial charge in [-0.2, -0.15) is 0 Å². The number of ketones is 2. The molecule has 38 heavy (non-hydrogen) atoms. The van der Waals surface area contributed by atoms with Crippen molar-refractivity contribution in [1.29, 1.82) is 0 Å². The van der Waals surface area contributed by atoms with Gasteiger partial charge in [0.2, 0.25) is 11.7 Å². The maximum absolute atomic E-state index is 14.5. The molecule has 1 amide bonds. The first-order valence-electron chi connectivity index (χ1n) is 12.3. The number of amides is 1. The molecule has 3 aliphatic rings. The molecule has 186 valence electrons. The molecule has 4 aromatic rings. The fourth-order valence-corrected chi connectivity index (χ4v) is 6.53. The molecule has 3 aromatic carbocycles. The Balaban J connectivity index is 1.55. The molecule has 0 radical (unpaired) electrons. The van der Waals surface area contributed by atoms with Gasteiger partial charge in [0.05, 0.1) is 18.2 Å². The zero-order valence-electron chi connectivity index (χ0n) is 20.0. The maximum Gasteiger partial charge on any atom is 0.238 e. The predicted octanol–water partition coefficient (Wildman–Crippen LogP) is 5.40. The minimum atomic E-state index is -1.43. The molecule has 7 rings (SSSR count). The number of nitrogens with one attached hydrogen (secondary N) is 1. The first-order valence-corrected chi connectivity index (χ1v) is 12.3. The van der Waals surface area contributed by atoms with Crippen molar-refractivity contribution in [2.75, 3.05) is 5.32 Å². The van der Waals surface area contributed by atoms with Crippen LogP contribution in [-0.2, 0) is 10.2 Å². The molecule has 0 saturated carbocycles. The molecule has 1 aromatic heterocycles. The molecule has 3 aliphatic heterocycles. The Bertz CT molecular complexity index is 1640. The average molecular weight is 505 g/mol. The number of fused-ring (bicyclic) bond motifs is 6. The van der Waals surface area contributed by atoms with Crippen molar-refractivity contribution in [3.8, 4) is 0 Å². The van der Waals surface area contributed by atoms with Crippen LogP contribution in [0, 0.1) is 11.7 Å². The Labute approximate surface area is 217 Å². The maximum atomic E-state index is 14.5. The summed E-state index contributed by atoms with van der Waals surface area (Å²) in [7, 11) is 0. The van der Waals surface area contributed by atoms with Gasteiger partial charge in [-0.05, 0) is 65.2 Å². The van der Waals surface area contributed by atoms with Gasteiger partial charge >= 0.3 is 0 Å². The summed E-state index contributed by atoms with van der Waals surface area (Å²) in [5.74, 6) is -2.68. The number of rotatable bonds is 4. The highest BCUT2D eigenvalue weighted by molar-refractivity contribution is 6.16. The molecule has 4 atom stereocenters. The minimum Gasteiger partial charge on any atom is -0.461 e. The lowest BCUT2D eigenvalue weighted by Crippen LogP contribution is -2.49. The lowest BCUT2D eigenvalue weighted by atomic mass is 9.62. The summed E-state index contributed by atoms with van der Waals surface area (Å²) in [6.07, 6.45) is 5.10. The Morgan fingerprint density at radius 2 is 1.66 bits per heavy atom. The summed E-state index contributed by atoms with van der Waals surface area (Å²) in [5.41, 5.74) is 1.79. The van der Waals surface area contributed by atoms with Gasteiger partial charge in [-0.15, -0.1) is 0 Å². The van der Waals surface area contributed by atoms with E-state index in [9.17, 15) is 18.8 Å². The van der Waals surface area contributed by atoms with Crippen LogP contribution in [0.4, 0.5) is 10.1 Å². The summed E-state index contributed by atoms with van der Waals surface area (Å²) in [6.45, 7) is 0. The number of halogens is 1. The van der Waals surface area contributed by atoms with E-state index in [1.54, 1.807) is 24.4 Å². The molecule has 1 spiro atoms. The second-order valence-corrected chi connectivity index (χ2v) is 9.80. The molecular weight excluding hydrogens is 483 g/mol. The second-order valence-electron chi connectivity index (χ2n) is 9.80. The van der Waals surface area contributed by atoms with Crippen LogP contribution in [0.1, 0.15) is 43.6 Å². The zero-order valence-corrected chi connectivity index (χ0v) is 20.0. The van der Waals surface area contributed by atoms with E-state index in [2.05, 4.69) is 5.32 Å². The molecule has 1 fully saturated rings. The van der Waals surface area contributed by atoms with Crippen LogP contribution in [0.3, 0.4) is 0 Å². The fourth-order valence-electron chi connectivity index (χ4n) is 6.53. The van der Waals surface area contributed by atoms with Crippen LogP contribution in [0.5, 0.6) is 0 Å². The lowest BCUT2D eigenvalue weighted by molar-refractivity contribution is -0.122. The van der Waals surface area contributed by atoms with E-state index in [0.717, 1.165) is 11.1 Å². The van der Waals surface area contributed by atoms with Crippen molar-refractivity contribution in [2.45, 2.75) is 17.5 Å². The number of furan rings is 1. The van der Waals surface area contributed by atoms with Crippen molar-refractivity contribution in [3.63, 3.8) is 0 Å². The van der Waals surface area contributed by atoms with Crippen LogP contribution in [0.2, 0.25) is 0 Å². The number of hydrogen-bond acceptors (Lipinski definition) is 5. The van der Waals surface area contributed by atoms with Gasteiger partial charge in [-0.25, -0.2) is 4.39 Å². The van der Waals surface area contributed by atoms with Crippen molar-refractivity contribution >= 4 is 29.2 Å². The summed E-state index contributed by atoms with van der Waals surface area (Å²) >= 11 is 0. The van der Waals surface area contributed by atoms with Crippen LogP contribution in [-0.4, -0.2) is 28.4 Å². The molecule has 4 heterocycles. The van der Waals surface area contributed by atoms with E-state index in [0.29, 0.717) is 11.3 Å². The predicted molar refractivity (Wildman–Crippen MR) is 138 cm³/mol. The highest BCUT2D eigenvalue weighted by Crippen LogP contribution is 2.62. The standard InChI is InChI=1S/C31H21FN2O4/c32-20-13-11-19(12-14-20)27(35)25-26(28(36)24-10-5-17-38-24)34-16-15-18-6-1-2-7-21(18)29(34)31(25)22-8-3-4-9-23(22)33-30(31)37/h1-17,25-26,29H,(H,33,37). The Morgan fingerprint density at radius 3 is 2.45 bits per heavy atom. The number of anilines is 1. The molecular formula is C31H21FN2O4. The van der Waals surface area contributed by atoms with Gasteiger partial charge in [0.15, 0.2) is 11.5 Å². The normalized spacial score (nSPS) is 24.6. The molecule has 1 saturated heterocycles. The van der Waals surface area contributed by atoms with E-state index < -0.39 is 40.8 Å². The minimum absolute atomic E-state index is 0.0988. The average Bonchev–Trinajstić information content (AvgIpc) is 3.65. The van der Waals surface area contributed by atoms with Gasteiger partial charge in [0.1, 0.15) is 17.3 Å². The summed E-state index contributed by atoms with van der Waals surface area (Å²) in [5, 5.41) is 3.00. The third-order valence-electron chi connectivity index (χ3n) is 8.01. The molecule has 0 aliphatic carbocycles. The van der Waals surface area contributed by atoms with E-state index in [4.69, 9.17) is 4.42 Å². The van der Waals surface area contributed by atoms with E-state index in [-0.39, 0.29) is 17.2 Å². The second kappa shape index (κ2) is 8.11. The van der Waals surface area contributed by atoms with Gasteiger partial charge < -0.3 is 14.6 Å². The quantitative estimate of drug-likeness (QED) is 0.377. The van der Waals surface area contributed by atoms with Crippen molar-refractivity contribution in [1.82, 2.24) is 4.90 Å². The smallest absolute Gasteiger partial charge is 0.238 e. The molecule has 0 bridgehead atoms. The Hall–Kier alpha value is -4.78. The Morgan fingerprint density at radius 1 is 0.895 bits per heavy atom. The summed E-state index contributed by atoms with van der Waals surface area (Å²) in [6, 6.07) is 21.7. The van der Waals surface area contributed by atoms with E-state index in [1.165, 1.54) is 30.5 Å². The largest absolute Gasteiger partial charge is 0.461 e. The Kier molecular flexibility index (Phi) is 4.79. The number of nitrogens with zero attached hydrogens (tertiary/aromatic N) is 1. The van der Waals surface area contributed by atoms with Gasteiger partial charge in [-0.3, -0.25) is 14.4 Å². The van der Waals surface area contributed by atoms with E-state index in [1.807, 2.05) is 53.4 Å². The molecule has 1 N–H and O–H groups in total. The van der Waals surface area contributed by atoms with Crippen molar-refractivity contribution < 1.29 is 23.2 Å². The number of hydrogen-bond donors (Lipinski definition) is 1. The van der Waals surface area contributed by atoms with Crippen LogP contribution in [0.15, 0.2) is 102 Å². The van der Waals surface area contributed by atoms with Crippen LogP contribution < -0.4 is 5.32 Å².